The van der Waals surface area contributed by atoms with Gasteiger partial charge < -0.3 is 105 Å². The Morgan fingerprint density at radius 1 is 0.569 bits per heavy atom. The molecule has 0 aromatic heterocycles. The van der Waals surface area contributed by atoms with E-state index in [4.69, 9.17) is 28.4 Å². The van der Waals surface area contributed by atoms with E-state index in [9.17, 15) is 76.0 Å². The Hall–Kier alpha value is -1.82. The number of hydrogen-bond acceptors (Lipinski definition) is 21. The fourth-order valence-corrected chi connectivity index (χ4v) is 5.93. The van der Waals surface area contributed by atoms with Gasteiger partial charge in [0.25, 0.3) is 0 Å². The molecule has 3 saturated heterocycles. The van der Waals surface area contributed by atoms with Gasteiger partial charge in [-0.25, -0.2) is 0 Å². The highest BCUT2D eigenvalue weighted by molar-refractivity contribution is 5.73. The Morgan fingerprint density at radius 2 is 0.922 bits per heavy atom. The van der Waals surface area contributed by atoms with Crippen molar-refractivity contribution in [2.75, 3.05) is 33.0 Å². The van der Waals surface area contributed by atoms with Crippen LogP contribution in [-0.4, -0.2) is 228 Å². The monoisotopic (exact) mass is 750 g/mol. The lowest BCUT2D eigenvalue weighted by atomic mass is 9.95. The van der Waals surface area contributed by atoms with Crippen LogP contribution in [0.25, 0.3) is 0 Å². The van der Waals surface area contributed by atoms with E-state index in [1.165, 1.54) is 0 Å². The van der Waals surface area contributed by atoms with Gasteiger partial charge >= 0.3 is 0 Å². The highest BCUT2D eigenvalue weighted by atomic mass is 16.8. The van der Waals surface area contributed by atoms with Crippen LogP contribution in [0.4, 0.5) is 0 Å². The summed E-state index contributed by atoms with van der Waals surface area (Å²) in [7, 11) is 0. The van der Waals surface area contributed by atoms with Gasteiger partial charge in [0.15, 0.2) is 18.9 Å². The van der Waals surface area contributed by atoms with E-state index < -0.39 is 161 Å². The van der Waals surface area contributed by atoms with E-state index in [0.29, 0.717) is 0 Å². The molecule has 23 heteroatoms. The van der Waals surface area contributed by atoms with Crippen molar-refractivity contribution in [3.05, 3.63) is 0 Å². The number of amides is 2. The van der Waals surface area contributed by atoms with Crippen molar-refractivity contribution in [2.24, 2.45) is 0 Å². The van der Waals surface area contributed by atoms with Gasteiger partial charge in [-0.05, 0) is 0 Å². The third-order valence-corrected chi connectivity index (χ3v) is 8.66. The molecular weight excluding hydrogens is 700 g/mol. The summed E-state index contributed by atoms with van der Waals surface area (Å²) in [5.41, 5.74) is 0. The van der Waals surface area contributed by atoms with Crippen LogP contribution >= 0.6 is 0 Å². The Labute approximate surface area is 290 Å². The topological polar surface area (TPSA) is 377 Å². The smallest absolute Gasteiger partial charge is 0.217 e. The second-order valence-electron chi connectivity index (χ2n) is 12.4. The Bertz CT molecular complexity index is 1100. The minimum Gasteiger partial charge on any atom is -0.394 e. The first-order chi connectivity index (χ1) is 24.0. The molecule has 0 unspecified atom stereocenters. The third kappa shape index (κ3) is 10.2. The summed E-state index contributed by atoms with van der Waals surface area (Å²) < 4.78 is 34.1. The highest BCUT2D eigenvalue weighted by Crippen LogP contribution is 2.33. The molecule has 0 saturated carbocycles. The predicted molar refractivity (Wildman–Crippen MR) is 159 cm³/mol. The summed E-state index contributed by atoms with van der Waals surface area (Å²) in [6.07, 6.45) is -31.7. The number of aliphatic hydroxyl groups excluding tert-OH is 13. The predicted octanol–water partition coefficient (Wildman–Crippen LogP) is -9.83. The Balaban J connectivity index is 2.03. The molecule has 15 N–H and O–H groups in total. The number of rotatable bonds is 16. The fourth-order valence-electron chi connectivity index (χ4n) is 5.93. The van der Waals surface area contributed by atoms with Crippen LogP contribution in [0.3, 0.4) is 0 Å². The molecule has 0 aromatic carbocycles. The normalized spacial score (nSPS) is 41.3. The van der Waals surface area contributed by atoms with Crippen LogP contribution in [0, 0.1) is 0 Å². The van der Waals surface area contributed by atoms with E-state index in [1.807, 2.05) is 0 Å². The largest absolute Gasteiger partial charge is 0.394 e. The molecule has 3 rings (SSSR count). The lowest BCUT2D eigenvalue weighted by Gasteiger charge is -2.48. The van der Waals surface area contributed by atoms with Gasteiger partial charge in [0.1, 0.15) is 97.5 Å². The van der Waals surface area contributed by atoms with Crippen molar-refractivity contribution in [3.63, 3.8) is 0 Å². The molecule has 298 valence electrons. The maximum Gasteiger partial charge on any atom is 0.217 e. The lowest BCUT2D eigenvalue weighted by Crippen LogP contribution is -2.68. The zero-order valence-electron chi connectivity index (χ0n) is 27.6. The lowest BCUT2D eigenvalue weighted by molar-refractivity contribution is -0.374. The van der Waals surface area contributed by atoms with E-state index >= 15 is 0 Å². The fraction of sp³-hybridized carbons (Fsp3) is 0.929. The number of nitrogens with one attached hydrogen (secondary N) is 2. The summed E-state index contributed by atoms with van der Waals surface area (Å²) in [5, 5.41) is 139. The molecule has 0 radical (unpaired) electrons. The third-order valence-electron chi connectivity index (χ3n) is 8.66. The number of carbonyl (C=O) groups excluding carboxylic acids is 2. The summed E-state index contributed by atoms with van der Waals surface area (Å²) >= 11 is 0. The number of ether oxygens (including phenoxy) is 6. The first kappa shape index (κ1) is 43.6. The van der Waals surface area contributed by atoms with Gasteiger partial charge in [-0.2, -0.15) is 0 Å². The second-order valence-corrected chi connectivity index (χ2v) is 12.4. The average Bonchev–Trinajstić information content (AvgIpc) is 3.10. The summed E-state index contributed by atoms with van der Waals surface area (Å²) in [6, 6.07) is -3.18. The van der Waals surface area contributed by atoms with Crippen LogP contribution in [0.5, 0.6) is 0 Å². The quantitative estimate of drug-likeness (QED) is 0.0696. The van der Waals surface area contributed by atoms with Crippen molar-refractivity contribution < 1.29 is 104 Å². The van der Waals surface area contributed by atoms with Gasteiger partial charge in [-0.1, -0.05) is 0 Å². The number of aliphatic hydroxyl groups is 13. The maximum atomic E-state index is 11.9. The van der Waals surface area contributed by atoms with Gasteiger partial charge in [0.2, 0.25) is 11.8 Å². The second kappa shape index (κ2) is 19.5. The standard InChI is InChI=1S/C28H50N2O21/c1-8(36)29-15-20(43)17(40)12(5-33)46-26(15)49-23(10(38)3-31)24(11(39)4-32)50-28-25(22(45)19(42)14(7-35)48-28)51-27-16(30-9(2)37)21(44)18(41)13(6-34)47-27/h10-28,31-35,38-45H,3-7H2,1-2H3,(H,29,36)(H,30,37)/t10-,11-,12-,13-,14-,15-,16-,17-,18-,19-,20-,21-,22+,23-,24-,25+,26+,27+,28-/m1/s1. The van der Waals surface area contributed by atoms with Crippen molar-refractivity contribution in [3.8, 4) is 0 Å². The van der Waals surface area contributed by atoms with Crippen LogP contribution in [-0.2, 0) is 38.0 Å². The first-order valence-electron chi connectivity index (χ1n) is 16.0. The molecule has 3 fully saturated rings. The summed E-state index contributed by atoms with van der Waals surface area (Å²) in [5.74, 6) is -1.50. The van der Waals surface area contributed by atoms with Gasteiger partial charge in [0, 0.05) is 13.8 Å². The molecule has 0 bridgehead atoms. The van der Waals surface area contributed by atoms with Crippen molar-refractivity contribution in [1.82, 2.24) is 10.6 Å². The van der Waals surface area contributed by atoms with Crippen molar-refractivity contribution in [2.45, 2.75) is 130 Å². The Kier molecular flexibility index (Phi) is 16.7. The molecule has 2 amide bonds. The molecular formula is C28H50N2O21. The molecule has 0 aliphatic carbocycles. The summed E-state index contributed by atoms with van der Waals surface area (Å²) in [4.78, 5) is 23.9. The van der Waals surface area contributed by atoms with Crippen LogP contribution in [0.2, 0.25) is 0 Å². The molecule has 51 heavy (non-hydrogen) atoms. The number of carbonyl (C=O) groups is 2. The van der Waals surface area contributed by atoms with E-state index in [-0.39, 0.29) is 0 Å². The Morgan fingerprint density at radius 3 is 1.31 bits per heavy atom. The molecule has 0 spiro atoms. The average molecular weight is 751 g/mol. The zero-order chi connectivity index (χ0) is 38.3. The van der Waals surface area contributed by atoms with Gasteiger partial charge in [-0.15, -0.1) is 0 Å². The van der Waals surface area contributed by atoms with Crippen LogP contribution < -0.4 is 10.6 Å². The SMILES string of the molecule is CC(=O)N[C@H]1[C@H](O[C@@H]2[C@@H](O[C@@H]([C@H](O[C@@H]3O[C@H](CO)[C@@H](O)[C@H](O)[C@H]3NC(C)=O)[C@H](O)CO)[C@H](O)CO)O[C@H](CO)[C@@H](O)[C@@H]2O)O[C@H](CO)[C@@H](O)[C@@H]1O. The molecule has 0 aromatic rings. The first-order valence-corrected chi connectivity index (χ1v) is 16.0. The van der Waals surface area contributed by atoms with Crippen molar-refractivity contribution in [1.29, 1.82) is 0 Å². The van der Waals surface area contributed by atoms with E-state index in [2.05, 4.69) is 10.6 Å². The van der Waals surface area contributed by atoms with Crippen molar-refractivity contribution >= 4 is 11.8 Å². The maximum absolute atomic E-state index is 11.9. The zero-order valence-corrected chi connectivity index (χ0v) is 27.6. The van der Waals surface area contributed by atoms with Crippen LogP contribution in [0.1, 0.15) is 13.8 Å². The minimum absolute atomic E-state index is 0.743. The van der Waals surface area contributed by atoms with E-state index in [0.717, 1.165) is 13.8 Å². The molecule has 3 aliphatic rings. The molecule has 23 nitrogen and oxygen atoms in total. The van der Waals surface area contributed by atoms with Gasteiger partial charge in [-0.3, -0.25) is 9.59 Å². The van der Waals surface area contributed by atoms with Gasteiger partial charge in [0.05, 0.1) is 33.0 Å². The molecule has 3 aliphatic heterocycles. The molecule has 3 heterocycles. The van der Waals surface area contributed by atoms with Crippen LogP contribution in [0.15, 0.2) is 0 Å². The number of hydrogen-bond donors (Lipinski definition) is 15. The highest BCUT2D eigenvalue weighted by Gasteiger charge is 2.54. The minimum atomic E-state index is -2.07. The molecule has 19 atom stereocenters. The van der Waals surface area contributed by atoms with E-state index in [1.54, 1.807) is 0 Å². The summed E-state index contributed by atoms with van der Waals surface area (Å²) in [6.45, 7) is -2.86.